The molecule has 0 saturated heterocycles. The lowest BCUT2D eigenvalue weighted by atomic mass is 9.88. The van der Waals surface area contributed by atoms with Gasteiger partial charge in [0.15, 0.2) is 0 Å². The first-order valence-corrected chi connectivity index (χ1v) is 7.53. The second-order valence-corrected chi connectivity index (χ2v) is 5.86. The predicted octanol–water partition coefficient (Wildman–Crippen LogP) is 3.92. The van der Waals surface area contributed by atoms with Gasteiger partial charge in [0.1, 0.15) is 5.75 Å². The summed E-state index contributed by atoms with van der Waals surface area (Å²) in [7, 11) is 0. The van der Waals surface area contributed by atoms with Crippen molar-refractivity contribution < 1.29 is 5.11 Å². The molecule has 106 valence electrons. The molecule has 0 aromatic carbocycles. The largest absolute Gasteiger partial charge is 0.507 e. The Bertz CT molecular complexity index is 480. The highest BCUT2D eigenvalue weighted by atomic mass is 16.3. The number of aromatic nitrogens is 1. The molecular weight excluding hydrogens is 238 g/mol. The van der Waals surface area contributed by atoms with Gasteiger partial charge in [-0.1, -0.05) is 38.5 Å². The molecule has 0 aliphatic heterocycles. The van der Waals surface area contributed by atoms with Gasteiger partial charge in [0.2, 0.25) is 0 Å². The Kier molecular flexibility index (Phi) is 4.67. The molecule has 1 aromatic heterocycles. The molecule has 2 N–H and O–H groups in total. The number of pyridine rings is 1. The van der Waals surface area contributed by atoms with Crippen LogP contribution in [-0.2, 0) is 0 Å². The number of nitrogens with one attached hydrogen (secondary N) is 1. The summed E-state index contributed by atoms with van der Waals surface area (Å²) in [4.78, 5) is 15.1. The van der Waals surface area contributed by atoms with Crippen molar-refractivity contribution in [1.29, 1.82) is 0 Å². The number of rotatable bonds is 1. The Hall–Kier alpha value is -1.25. The summed E-state index contributed by atoms with van der Waals surface area (Å²) in [6.07, 6.45) is 9.50. The summed E-state index contributed by atoms with van der Waals surface area (Å²) in [5, 5.41) is 10.3. The fourth-order valence-electron chi connectivity index (χ4n) is 3.12. The normalized spacial score (nSPS) is 18.6. The van der Waals surface area contributed by atoms with Crippen molar-refractivity contribution in [1.82, 2.24) is 4.98 Å². The van der Waals surface area contributed by atoms with Gasteiger partial charge < -0.3 is 10.1 Å². The summed E-state index contributed by atoms with van der Waals surface area (Å²) < 4.78 is 0. The second-order valence-electron chi connectivity index (χ2n) is 5.86. The zero-order valence-electron chi connectivity index (χ0n) is 12.1. The minimum atomic E-state index is -0.0927. The summed E-state index contributed by atoms with van der Waals surface area (Å²) in [6, 6.07) is 0. The highest BCUT2D eigenvalue weighted by Crippen LogP contribution is 2.34. The fraction of sp³-hybridized carbons (Fsp3) is 0.688. The molecule has 0 unspecified atom stereocenters. The molecule has 2 rings (SSSR count). The number of H-pyrrole nitrogens is 1. The molecule has 3 nitrogen and oxygen atoms in total. The third kappa shape index (κ3) is 3.20. The van der Waals surface area contributed by atoms with Crippen LogP contribution in [0.1, 0.15) is 74.1 Å². The third-order valence-corrected chi connectivity index (χ3v) is 4.48. The van der Waals surface area contributed by atoms with Crippen molar-refractivity contribution >= 4 is 0 Å². The van der Waals surface area contributed by atoms with Crippen molar-refractivity contribution in [3.05, 3.63) is 27.2 Å². The number of hydrogen-bond acceptors (Lipinski definition) is 2. The number of aryl methyl sites for hydroxylation is 1. The standard InChI is InChI=1S/C16H25NO2/c1-11-12(2)17-16(19)14(15(11)18)13-9-7-5-3-4-6-8-10-13/h13H,3-10H2,1-2H3,(H2,17,18,19). The van der Waals surface area contributed by atoms with Gasteiger partial charge in [-0.2, -0.15) is 0 Å². The Morgan fingerprint density at radius 3 is 2.11 bits per heavy atom. The lowest BCUT2D eigenvalue weighted by Gasteiger charge is -2.18. The van der Waals surface area contributed by atoms with Gasteiger partial charge in [-0.3, -0.25) is 4.79 Å². The maximum atomic E-state index is 12.2. The second kappa shape index (κ2) is 6.27. The molecule has 1 fully saturated rings. The molecular formula is C16H25NO2. The maximum absolute atomic E-state index is 12.2. The number of aromatic hydroxyl groups is 1. The molecule has 1 saturated carbocycles. The number of aromatic amines is 1. The molecule has 1 heterocycles. The molecule has 1 aromatic rings. The van der Waals surface area contributed by atoms with E-state index in [0.717, 1.165) is 36.9 Å². The van der Waals surface area contributed by atoms with Crippen LogP contribution in [0.15, 0.2) is 4.79 Å². The van der Waals surface area contributed by atoms with Gasteiger partial charge in [0.25, 0.3) is 5.56 Å². The first kappa shape index (κ1) is 14.2. The van der Waals surface area contributed by atoms with Gasteiger partial charge in [-0.15, -0.1) is 0 Å². The van der Waals surface area contributed by atoms with Crippen LogP contribution >= 0.6 is 0 Å². The monoisotopic (exact) mass is 263 g/mol. The molecule has 0 bridgehead atoms. The van der Waals surface area contributed by atoms with Crippen LogP contribution in [0.5, 0.6) is 5.75 Å². The Morgan fingerprint density at radius 1 is 1.00 bits per heavy atom. The lowest BCUT2D eigenvalue weighted by molar-refractivity contribution is 0.439. The van der Waals surface area contributed by atoms with Gasteiger partial charge >= 0.3 is 0 Å². The quantitative estimate of drug-likeness (QED) is 0.807. The van der Waals surface area contributed by atoms with E-state index >= 15 is 0 Å². The van der Waals surface area contributed by atoms with Crippen molar-refractivity contribution in [3.8, 4) is 5.75 Å². The van der Waals surface area contributed by atoms with E-state index in [1.165, 1.54) is 25.7 Å². The van der Waals surface area contributed by atoms with E-state index in [1.807, 2.05) is 13.8 Å². The zero-order chi connectivity index (χ0) is 13.8. The number of hydrogen-bond donors (Lipinski definition) is 2. The van der Waals surface area contributed by atoms with Crippen LogP contribution in [0.25, 0.3) is 0 Å². The molecule has 3 heteroatoms. The zero-order valence-corrected chi connectivity index (χ0v) is 12.1. The molecule has 0 spiro atoms. The minimum Gasteiger partial charge on any atom is -0.507 e. The highest BCUT2D eigenvalue weighted by molar-refractivity contribution is 5.42. The summed E-state index contributed by atoms with van der Waals surface area (Å²) in [6.45, 7) is 3.71. The van der Waals surface area contributed by atoms with E-state index in [2.05, 4.69) is 4.98 Å². The first-order valence-electron chi connectivity index (χ1n) is 7.53. The van der Waals surface area contributed by atoms with Crippen LogP contribution in [0.4, 0.5) is 0 Å². The lowest BCUT2D eigenvalue weighted by Crippen LogP contribution is -2.19. The predicted molar refractivity (Wildman–Crippen MR) is 77.9 cm³/mol. The van der Waals surface area contributed by atoms with Gasteiger partial charge in [-0.05, 0) is 32.6 Å². The molecule has 0 radical (unpaired) electrons. The van der Waals surface area contributed by atoms with Crippen molar-refractivity contribution in [2.45, 2.75) is 71.1 Å². The van der Waals surface area contributed by atoms with E-state index in [9.17, 15) is 9.90 Å². The Balaban J connectivity index is 2.33. The smallest absolute Gasteiger partial charge is 0.255 e. The van der Waals surface area contributed by atoms with Gasteiger partial charge in [0, 0.05) is 11.3 Å². The van der Waals surface area contributed by atoms with Crippen LogP contribution < -0.4 is 5.56 Å². The van der Waals surface area contributed by atoms with Crippen LogP contribution in [0, 0.1) is 13.8 Å². The van der Waals surface area contributed by atoms with E-state index in [1.54, 1.807) is 0 Å². The van der Waals surface area contributed by atoms with E-state index in [-0.39, 0.29) is 17.2 Å². The fourth-order valence-corrected chi connectivity index (χ4v) is 3.12. The van der Waals surface area contributed by atoms with Crippen molar-refractivity contribution in [2.24, 2.45) is 0 Å². The molecule has 1 aliphatic carbocycles. The van der Waals surface area contributed by atoms with Gasteiger partial charge in [-0.25, -0.2) is 0 Å². The summed E-state index contributed by atoms with van der Waals surface area (Å²) in [5.41, 5.74) is 2.12. The maximum Gasteiger partial charge on any atom is 0.255 e. The average molecular weight is 263 g/mol. The van der Waals surface area contributed by atoms with E-state index in [0.29, 0.717) is 5.56 Å². The molecule has 0 amide bonds. The molecule has 1 aliphatic rings. The molecule has 19 heavy (non-hydrogen) atoms. The van der Waals surface area contributed by atoms with E-state index in [4.69, 9.17) is 0 Å². The van der Waals surface area contributed by atoms with Crippen molar-refractivity contribution in [2.75, 3.05) is 0 Å². The minimum absolute atomic E-state index is 0.0927. The molecule has 0 atom stereocenters. The average Bonchev–Trinajstić information content (AvgIpc) is 2.50. The topological polar surface area (TPSA) is 53.1 Å². The van der Waals surface area contributed by atoms with Crippen LogP contribution in [0.2, 0.25) is 0 Å². The first-order chi connectivity index (χ1) is 9.11. The van der Waals surface area contributed by atoms with E-state index < -0.39 is 0 Å². The SMILES string of the molecule is Cc1[nH]c(=O)c(C2CCCCCCCC2)c(O)c1C. The Labute approximate surface area is 115 Å². The van der Waals surface area contributed by atoms with Crippen molar-refractivity contribution in [3.63, 3.8) is 0 Å². The van der Waals surface area contributed by atoms with Gasteiger partial charge in [0.05, 0.1) is 5.56 Å². The Morgan fingerprint density at radius 2 is 1.53 bits per heavy atom. The third-order valence-electron chi connectivity index (χ3n) is 4.48. The van der Waals surface area contributed by atoms with Crippen LogP contribution in [0.3, 0.4) is 0 Å². The summed E-state index contributed by atoms with van der Waals surface area (Å²) in [5.74, 6) is 0.451. The van der Waals surface area contributed by atoms with Crippen LogP contribution in [-0.4, -0.2) is 10.1 Å². The highest BCUT2D eigenvalue weighted by Gasteiger charge is 2.21. The summed E-state index contributed by atoms with van der Waals surface area (Å²) >= 11 is 0.